The molecule has 0 radical (unpaired) electrons. The number of sulfone groups is 1. The lowest BCUT2D eigenvalue weighted by molar-refractivity contribution is 0.559. The first-order valence-electron chi connectivity index (χ1n) is 9.09. The molecule has 0 atom stereocenters. The highest BCUT2D eigenvalue weighted by Crippen LogP contribution is 2.21. The topological polar surface area (TPSA) is 34.1 Å². The van der Waals surface area contributed by atoms with Crippen LogP contribution in [0.2, 0.25) is 0 Å². The van der Waals surface area contributed by atoms with Crippen LogP contribution in [0.15, 0.2) is 48.5 Å². The summed E-state index contributed by atoms with van der Waals surface area (Å²) in [5.74, 6) is 0.107. The SMILES string of the molecule is CCCc1ccc(CCc2ccc(CS(=O)(=O)C(C)(C)C)cc2)cc1. The van der Waals surface area contributed by atoms with Crippen LogP contribution in [0.1, 0.15) is 56.4 Å². The van der Waals surface area contributed by atoms with Gasteiger partial charge in [0.15, 0.2) is 9.84 Å². The summed E-state index contributed by atoms with van der Waals surface area (Å²) >= 11 is 0. The lowest BCUT2D eigenvalue weighted by Gasteiger charge is -2.19. The molecule has 0 bridgehead atoms. The minimum atomic E-state index is -3.13. The summed E-state index contributed by atoms with van der Waals surface area (Å²) in [5, 5.41) is 0. The Balaban J connectivity index is 1.94. The first kappa shape index (κ1) is 19.7. The Labute approximate surface area is 153 Å². The molecule has 0 saturated heterocycles. The van der Waals surface area contributed by atoms with Gasteiger partial charge in [-0.05, 0) is 62.3 Å². The highest BCUT2D eigenvalue weighted by molar-refractivity contribution is 7.91. The molecular formula is C22H30O2S. The van der Waals surface area contributed by atoms with E-state index >= 15 is 0 Å². The van der Waals surface area contributed by atoms with Crippen molar-refractivity contribution in [3.8, 4) is 0 Å². The van der Waals surface area contributed by atoms with Crippen molar-refractivity contribution in [1.29, 1.82) is 0 Å². The molecule has 0 aliphatic heterocycles. The molecule has 0 aromatic heterocycles. The van der Waals surface area contributed by atoms with Gasteiger partial charge in [0.1, 0.15) is 0 Å². The van der Waals surface area contributed by atoms with Crippen LogP contribution in [-0.2, 0) is 34.9 Å². The van der Waals surface area contributed by atoms with Crippen LogP contribution in [-0.4, -0.2) is 13.2 Å². The quantitative estimate of drug-likeness (QED) is 0.687. The van der Waals surface area contributed by atoms with Gasteiger partial charge in [-0.2, -0.15) is 0 Å². The number of benzene rings is 2. The lowest BCUT2D eigenvalue weighted by atomic mass is 10.0. The maximum atomic E-state index is 12.3. The van der Waals surface area contributed by atoms with Gasteiger partial charge in [0.2, 0.25) is 0 Å². The van der Waals surface area contributed by atoms with Crippen molar-refractivity contribution in [3.63, 3.8) is 0 Å². The van der Waals surface area contributed by atoms with Gasteiger partial charge in [-0.3, -0.25) is 0 Å². The number of aryl methyl sites for hydroxylation is 3. The zero-order valence-electron chi connectivity index (χ0n) is 15.9. The van der Waals surface area contributed by atoms with Crippen molar-refractivity contribution < 1.29 is 8.42 Å². The van der Waals surface area contributed by atoms with Crippen molar-refractivity contribution in [2.45, 2.75) is 63.9 Å². The molecule has 3 heteroatoms. The van der Waals surface area contributed by atoms with Gasteiger partial charge in [0.25, 0.3) is 0 Å². The van der Waals surface area contributed by atoms with Crippen LogP contribution in [0.25, 0.3) is 0 Å². The van der Waals surface area contributed by atoms with Gasteiger partial charge >= 0.3 is 0 Å². The standard InChI is InChI=1S/C22H30O2S/c1-5-6-18-7-9-19(10-8-18)11-12-20-13-15-21(16-14-20)17-25(23,24)22(2,3)4/h7-10,13-16H,5-6,11-12,17H2,1-4H3. The van der Waals surface area contributed by atoms with E-state index in [1.807, 2.05) is 12.1 Å². The van der Waals surface area contributed by atoms with Gasteiger partial charge in [0.05, 0.1) is 10.5 Å². The summed E-state index contributed by atoms with van der Waals surface area (Å²) in [6, 6.07) is 16.9. The van der Waals surface area contributed by atoms with Crippen molar-refractivity contribution in [1.82, 2.24) is 0 Å². The van der Waals surface area contributed by atoms with Crippen molar-refractivity contribution in [2.24, 2.45) is 0 Å². The molecule has 0 fully saturated rings. The molecule has 2 rings (SSSR count). The smallest absolute Gasteiger partial charge is 0.159 e. The molecule has 2 aromatic carbocycles. The van der Waals surface area contributed by atoms with E-state index in [1.165, 1.54) is 23.1 Å². The third-order valence-electron chi connectivity index (χ3n) is 4.58. The summed E-state index contributed by atoms with van der Waals surface area (Å²) in [6.07, 6.45) is 4.29. The molecule has 2 aromatic rings. The van der Waals surface area contributed by atoms with Gasteiger partial charge < -0.3 is 0 Å². The monoisotopic (exact) mass is 358 g/mol. The molecule has 136 valence electrons. The van der Waals surface area contributed by atoms with E-state index < -0.39 is 14.6 Å². The van der Waals surface area contributed by atoms with Crippen molar-refractivity contribution in [2.75, 3.05) is 0 Å². The number of hydrogen-bond donors (Lipinski definition) is 0. The van der Waals surface area contributed by atoms with Crippen LogP contribution in [0, 0.1) is 0 Å². The fourth-order valence-electron chi connectivity index (χ4n) is 2.69. The average Bonchev–Trinajstić information content (AvgIpc) is 2.54. The zero-order chi connectivity index (χ0) is 18.5. The summed E-state index contributed by atoms with van der Waals surface area (Å²) in [4.78, 5) is 0. The third-order valence-corrected chi connectivity index (χ3v) is 7.16. The third kappa shape index (κ3) is 5.71. The van der Waals surface area contributed by atoms with Crippen LogP contribution in [0.3, 0.4) is 0 Å². The maximum absolute atomic E-state index is 12.3. The van der Waals surface area contributed by atoms with E-state index in [1.54, 1.807) is 20.8 Å². The van der Waals surface area contributed by atoms with Crippen LogP contribution in [0.4, 0.5) is 0 Å². The second-order valence-electron chi connectivity index (χ2n) is 7.75. The first-order valence-corrected chi connectivity index (χ1v) is 10.7. The predicted molar refractivity (Wildman–Crippen MR) is 107 cm³/mol. The van der Waals surface area contributed by atoms with E-state index in [0.29, 0.717) is 0 Å². The summed E-state index contributed by atoms with van der Waals surface area (Å²) in [7, 11) is -3.13. The minimum absolute atomic E-state index is 0.107. The Morgan fingerprint density at radius 1 is 0.680 bits per heavy atom. The van der Waals surface area contributed by atoms with Crippen molar-refractivity contribution in [3.05, 3.63) is 70.8 Å². The molecule has 0 spiro atoms. The molecule has 2 nitrogen and oxygen atoms in total. The molecule has 0 aliphatic rings. The lowest BCUT2D eigenvalue weighted by Crippen LogP contribution is -2.29. The average molecular weight is 359 g/mol. The highest BCUT2D eigenvalue weighted by atomic mass is 32.2. The molecule has 0 heterocycles. The van der Waals surface area contributed by atoms with Gasteiger partial charge in [-0.15, -0.1) is 0 Å². The highest BCUT2D eigenvalue weighted by Gasteiger charge is 2.28. The van der Waals surface area contributed by atoms with Crippen molar-refractivity contribution >= 4 is 9.84 Å². The molecule has 0 aliphatic carbocycles. The van der Waals surface area contributed by atoms with Crippen LogP contribution < -0.4 is 0 Å². The second kappa shape index (κ2) is 8.18. The summed E-state index contributed by atoms with van der Waals surface area (Å²) in [5.41, 5.74) is 4.85. The second-order valence-corrected chi connectivity index (χ2v) is 10.5. The van der Waals surface area contributed by atoms with E-state index in [9.17, 15) is 8.42 Å². The van der Waals surface area contributed by atoms with E-state index in [-0.39, 0.29) is 5.75 Å². The summed E-state index contributed by atoms with van der Waals surface area (Å²) < 4.78 is 23.9. The number of rotatable bonds is 7. The zero-order valence-corrected chi connectivity index (χ0v) is 16.7. The fraction of sp³-hybridized carbons (Fsp3) is 0.455. The van der Waals surface area contributed by atoms with E-state index in [2.05, 4.69) is 43.3 Å². The first-order chi connectivity index (χ1) is 11.7. The Morgan fingerprint density at radius 2 is 1.04 bits per heavy atom. The Kier molecular flexibility index (Phi) is 6.45. The van der Waals surface area contributed by atoms with Gasteiger partial charge in [0, 0.05) is 0 Å². The minimum Gasteiger partial charge on any atom is -0.228 e. The largest absolute Gasteiger partial charge is 0.228 e. The molecule has 0 unspecified atom stereocenters. The number of hydrogen-bond acceptors (Lipinski definition) is 2. The van der Waals surface area contributed by atoms with Crippen LogP contribution >= 0.6 is 0 Å². The Bertz CT molecular complexity index is 764. The van der Waals surface area contributed by atoms with Gasteiger partial charge in [-0.25, -0.2) is 8.42 Å². The molecule has 0 N–H and O–H groups in total. The Morgan fingerprint density at radius 3 is 1.40 bits per heavy atom. The Hall–Kier alpha value is -1.61. The fourth-order valence-corrected chi connectivity index (χ4v) is 3.75. The maximum Gasteiger partial charge on any atom is 0.159 e. The van der Waals surface area contributed by atoms with Crippen LogP contribution in [0.5, 0.6) is 0 Å². The molecular weight excluding hydrogens is 328 g/mol. The van der Waals surface area contributed by atoms with E-state index in [0.717, 1.165) is 24.8 Å². The van der Waals surface area contributed by atoms with E-state index in [4.69, 9.17) is 0 Å². The summed E-state index contributed by atoms with van der Waals surface area (Å²) in [6.45, 7) is 7.46. The molecule has 25 heavy (non-hydrogen) atoms. The normalized spacial score (nSPS) is 12.3. The van der Waals surface area contributed by atoms with Gasteiger partial charge in [-0.1, -0.05) is 61.9 Å². The molecule has 0 saturated carbocycles. The molecule has 0 amide bonds. The predicted octanol–water partition coefficient (Wildman–Crippen LogP) is 5.14.